The van der Waals surface area contributed by atoms with Gasteiger partial charge in [-0.05, 0) is 41.5 Å². The largest absolute Gasteiger partial charge is 0.375 e. The van der Waals surface area contributed by atoms with E-state index in [1.54, 1.807) is 4.31 Å². The van der Waals surface area contributed by atoms with Crippen molar-refractivity contribution >= 4 is 15.7 Å². The molecular formula is C24H33NO3S. The number of hydrogen-bond acceptors (Lipinski definition) is 3. The van der Waals surface area contributed by atoms with Crippen LogP contribution in [0.1, 0.15) is 57.1 Å². The fraction of sp³-hybridized carbons (Fsp3) is 0.500. The van der Waals surface area contributed by atoms with Gasteiger partial charge in [-0.15, -0.1) is 0 Å². The molecule has 0 bridgehead atoms. The normalized spacial score (nSPS) is 21.0. The lowest BCUT2D eigenvalue weighted by atomic mass is 9.95. The summed E-state index contributed by atoms with van der Waals surface area (Å²) < 4.78 is 33.9. The average molecular weight is 416 g/mol. The Hall–Kier alpha value is -1.85. The molecule has 0 N–H and O–H groups in total. The van der Waals surface area contributed by atoms with Crippen LogP contribution >= 0.6 is 0 Å². The molecule has 3 rings (SSSR count). The Balaban J connectivity index is 1.84. The molecule has 1 fully saturated rings. The summed E-state index contributed by atoms with van der Waals surface area (Å²) in [6.07, 6.45) is 3.02. The van der Waals surface area contributed by atoms with Crippen molar-refractivity contribution in [2.45, 2.75) is 58.6 Å². The van der Waals surface area contributed by atoms with Gasteiger partial charge in [0.15, 0.2) is 0 Å². The standard InChI is InChI=1S/C24H33NO3S/c1-4-5-12-22-18-29(26,27)25(23-14-9-13-21(15-23)19(2)3)24(22)17-28-16-20-10-7-6-8-11-20/h6-11,13-15,19,22,24H,4-5,12,16-18H2,1-3H3. The Morgan fingerprint density at radius 3 is 2.55 bits per heavy atom. The summed E-state index contributed by atoms with van der Waals surface area (Å²) in [5.41, 5.74) is 3.02. The van der Waals surface area contributed by atoms with Crippen LogP contribution in [0.25, 0.3) is 0 Å². The van der Waals surface area contributed by atoms with Gasteiger partial charge < -0.3 is 4.74 Å². The summed E-state index contributed by atoms with van der Waals surface area (Å²) in [5, 5.41) is 0. The van der Waals surface area contributed by atoms with Crippen molar-refractivity contribution in [2.75, 3.05) is 16.7 Å². The third kappa shape index (κ3) is 5.40. The lowest BCUT2D eigenvalue weighted by Gasteiger charge is -2.28. The predicted octanol–water partition coefficient (Wildman–Crippen LogP) is 5.35. The highest BCUT2D eigenvalue weighted by atomic mass is 32.2. The van der Waals surface area contributed by atoms with E-state index in [4.69, 9.17) is 4.74 Å². The SMILES string of the molecule is CCCCC1CS(=O)(=O)N(c2cccc(C(C)C)c2)C1COCc1ccccc1. The fourth-order valence-corrected chi connectivity index (χ4v) is 6.22. The van der Waals surface area contributed by atoms with Crippen LogP contribution in [0.2, 0.25) is 0 Å². The second-order valence-corrected chi connectivity index (χ2v) is 10.2. The van der Waals surface area contributed by atoms with Gasteiger partial charge in [0.05, 0.1) is 30.7 Å². The molecule has 2 aromatic carbocycles. The summed E-state index contributed by atoms with van der Waals surface area (Å²) in [6, 6.07) is 17.8. The van der Waals surface area contributed by atoms with Gasteiger partial charge in [-0.1, -0.05) is 76.1 Å². The second kappa shape index (κ2) is 9.77. The third-order valence-corrected chi connectivity index (χ3v) is 7.62. The summed E-state index contributed by atoms with van der Waals surface area (Å²) in [7, 11) is -3.35. The van der Waals surface area contributed by atoms with E-state index in [2.05, 4.69) is 26.8 Å². The van der Waals surface area contributed by atoms with E-state index in [1.807, 2.05) is 48.5 Å². The van der Waals surface area contributed by atoms with E-state index in [0.29, 0.717) is 19.1 Å². The molecule has 0 amide bonds. The van der Waals surface area contributed by atoms with E-state index in [0.717, 1.165) is 36.1 Å². The molecule has 1 saturated heterocycles. The molecule has 1 heterocycles. The number of hydrogen-bond donors (Lipinski definition) is 0. The number of nitrogens with zero attached hydrogens (tertiary/aromatic N) is 1. The van der Waals surface area contributed by atoms with Gasteiger partial charge >= 0.3 is 0 Å². The van der Waals surface area contributed by atoms with E-state index in [9.17, 15) is 8.42 Å². The summed E-state index contributed by atoms with van der Waals surface area (Å²) in [5.74, 6) is 0.653. The Kier molecular flexibility index (Phi) is 7.36. The summed E-state index contributed by atoms with van der Waals surface area (Å²) in [6.45, 7) is 7.31. The maximum absolute atomic E-state index is 13.1. The van der Waals surface area contributed by atoms with Crippen LogP contribution in [0.15, 0.2) is 54.6 Å². The van der Waals surface area contributed by atoms with Crippen LogP contribution in [-0.4, -0.2) is 26.8 Å². The molecule has 1 aliphatic rings. The van der Waals surface area contributed by atoms with Crippen LogP contribution in [0.4, 0.5) is 5.69 Å². The van der Waals surface area contributed by atoms with Crippen molar-refractivity contribution in [3.05, 3.63) is 65.7 Å². The minimum Gasteiger partial charge on any atom is -0.375 e. The van der Waals surface area contributed by atoms with Gasteiger partial charge in [0.1, 0.15) is 0 Å². The molecule has 2 aromatic rings. The fourth-order valence-electron chi connectivity index (χ4n) is 4.05. The smallest absolute Gasteiger partial charge is 0.235 e. The Labute approximate surface area is 175 Å². The monoisotopic (exact) mass is 415 g/mol. The zero-order valence-corrected chi connectivity index (χ0v) is 18.6. The minimum atomic E-state index is -3.35. The first-order valence-electron chi connectivity index (χ1n) is 10.7. The first kappa shape index (κ1) is 21.8. The third-order valence-electron chi connectivity index (χ3n) is 5.69. The van der Waals surface area contributed by atoms with Crippen molar-refractivity contribution in [2.24, 2.45) is 5.92 Å². The number of unbranched alkanes of at least 4 members (excludes halogenated alkanes) is 1. The predicted molar refractivity (Wildman–Crippen MR) is 120 cm³/mol. The van der Waals surface area contributed by atoms with Crippen molar-refractivity contribution in [3.8, 4) is 0 Å². The molecule has 5 heteroatoms. The molecule has 0 aromatic heterocycles. The molecule has 2 atom stereocenters. The maximum atomic E-state index is 13.1. The molecule has 158 valence electrons. The molecule has 2 unspecified atom stereocenters. The zero-order valence-electron chi connectivity index (χ0n) is 17.8. The Bertz CT molecular complexity index is 880. The lowest BCUT2D eigenvalue weighted by molar-refractivity contribution is 0.0981. The zero-order chi connectivity index (χ0) is 20.9. The van der Waals surface area contributed by atoms with Gasteiger partial charge in [-0.25, -0.2) is 8.42 Å². The van der Waals surface area contributed by atoms with E-state index in [-0.39, 0.29) is 17.7 Å². The van der Waals surface area contributed by atoms with Crippen LogP contribution in [0.5, 0.6) is 0 Å². The number of benzene rings is 2. The molecule has 0 radical (unpaired) electrons. The molecule has 0 saturated carbocycles. The molecule has 0 spiro atoms. The highest BCUT2D eigenvalue weighted by molar-refractivity contribution is 7.93. The molecule has 29 heavy (non-hydrogen) atoms. The van der Waals surface area contributed by atoms with Gasteiger partial charge in [-0.3, -0.25) is 4.31 Å². The highest BCUT2D eigenvalue weighted by Crippen LogP contribution is 2.36. The van der Waals surface area contributed by atoms with Gasteiger partial charge in [0.25, 0.3) is 0 Å². The minimum absolute atomic E-state index is 0.0958. The molecule has 0 aliphatic carbocycles. The Morgan fingerprint density at radius 2 is 1.86 bits per heavy atom. The second-order valence-electron chi connectivity index (χ2n) is 8.29. The van der Waals surface area contributed by atoms with Gasteiger partial charge in [0, 0.05) is 0 Å². The molecule has 4 nitrogen and oxygen atoms in total. The average Bonchev–Trinajstić information content (AvgIpc) is 2.96. The van der Waals surface area contributed by atoms with Crippen molar-refractivity contribution in [1.82, 2.24) is 0 Å². The quantitative estimate of drug-likeness (QED) is 0.554. The van der Waals surface area contributed by atoms with Crippen molar-refractivity contribution < 1.29 is 13.2 Å². The maximum Gasteiger partial charge on any atom is 0.235 e. The topological polar surface area (TPSA) is 46.6 Å². The van der Waals surface area contributed by atoms with E-state index < -0.39 is 10.0 Å². The first-order valence-corrected chi connectivity index (χ1v) is 12.3. The Morgan fingerprint density at radius 1 is 1.10 bits per heavy atom. The number of rotatable bonds is 9. The number of ether oxygens (including phenoxy) is 1. The molecular weight excluding hydrogens is 382 g/mol. The van der Waals surface area contributed by atoms with E-state index >= 15 is 0 Å². The molecule has 1 aliphatic heterocycles. The number of anilines is 1. The van der Waals surface area contributed by atoms with Crippen LogP contribution < -0.4 is 4.31 Å². The highest BCUT2D eigenvalue weighted by Gasteiger charge is 2.44. The summed E-state index contributed by atoms with van der Waals surface area (Å²) >= 11 is 0. The van der Waals surface area contributed by atoms with Crippen molar-refractivity contribution in [1.29, 1.82) is 0 Å². The van der Waals surface area contributed by atoms with E-state index in [1.165, 1.54) is 0 Å². The number of sulfonamides is 1. The lowest BCUT2D eigenvalue weighted by Crippen LogP contribution is -2.39. The van der Waals surface area contributed by atoms with Crippen molar-refractivity contribution in [3.63, 3.8) is 0 Å². The van der Waals surface area contributed by atoms with Gasteiger partial charge in [0.2, 0.25) is 10.0 Å². The van der Waals surface area contributed by atoms with Crippen LogP contribution in [-0.2, 0) is 21.4 Å². The van der Waals surface area contributed by atoms with Gasteiger partial charge in [-0.2, -0.15) is 0 Å². The van der Waals surface area contributed by atoms with Crippen LogP contribution in [0, 0.1) is 5.92 Å². The first-order chi connectivity index (χ1) is 13.9. The van der Waals surface area contributed by atoms with Crippen LogP contribution in [0.3, 0.4) is 0 Å². The summed E-state index contributed by atoms with van der Waals surface area (Å²) in [4.78, 5) is 0.